The van der Waals surface area contributed by atoms with Gasteiger partial charge in [0, 0.05) is 10.1 Å². The molecule has 0 radical (unpaired) electrons. The number of thioether (sulfide) groups is 1. The number of fused-ring (bicyclic) bond motifs is 3. The first-order chi connectivity index (χ1) is 9.83. The molecule has 3 rings (SSSR count). The zero-order valence-electron chi connectivity index (χ0n) is 17.6. The van der Waals surface area contributed by atoms with Gasteiger partial charge in [0.25, 0.3) is 0 Å². The molecule has 1 aromatic rings. The van der Waals surface area contributed by atoms with Crippen molar-refractivity contribution in [2.75, 3.05) is 0 Å². The quantitative estimate of drug-likeness (QED) is 0.378. The second kappa shape index (κ2) is 10.1. The minimum atomic E-state index is -1.56. The number of hydrogen-bond donors (Lipinski definition) is 0. The summed E-state index contributed by atoms with van der Waals surface area (Å²) < 4.78 is 0. The summed E-state index contributed by atoms with van der Waals surface area (Å²) in [5.41, 5.74) is 2.42. The molecule has 1 fully saturated rings. The van der Waals surface area contributed by atoms with E-state index in [0.29, 0.717) is 6.04 Å². The zero-order chi connectivity index (χ0) is 15.4. The first kappa shape index (κ1) is 27.7. The van der Waals surface area contributed by atoms with Gasteiger partial charge in [0.2, 0.25) is 0 Å². The fourth-order valence-corrected chi connectivity index (χ4v) is 11.9. The summed E-state index contributed by atoms with van der Waals surface area (Å²) in [7, 11) is -1.56. The van der Waals surface area contributed by atoms with Crippen LogP contribution in [0.4, 0.5) is 0 Å². The van der Waals surface area contributed by atoms with Crippen LogP contribution in [0.1, 0.15) is 39.2 Å². The van der Waals surface area contributed by atoms with E-state index in [1.807, 2.05) is 0 Å². The van der Waals surface area contributed by atoms with Crippen LogP contribution in [0.2, 0.25) is 18.6 Å². The third-order valence-electron chi connectivity index (χ3n) is 5.62. The van der Waals surface area contributed by atoms with Crippen molar-refractivity contribution in [3.63, 3.8) is 0 Å². The summed E-state index contributed by atoms with van der Waals surface area (Å²) >= 11 is 2.15. The van der Waals surface area contributed by atoms with Crippen LogP contribution in [0, 0.1) is 34.1 Å². The van der Waals surface area contributed by atoms with Crippen molar-refractivity contribution >= 4 is 20.0 Å². The fourth-order valence-electron chi connectivity index (χ4n) is 4.89. The number of hydrogen-bond acceptors (Lipinski definition) is 1. The van der Waals surface area contributed by atoms with Crippen molar-refractivity contribution < 1.29 is 21.7 Å². The van der Waals surface area contributed by atoms with Crippen LogP contribution in [-0.4, -0.2) is 19.5 Å². The number of benzene rings is 1. The first-order valence-corrected chi connectivity index (χ1v) is 12.2. The van der Waals surface area contributed by atoms with E-state index in [9.17, 15) is 0 Å². The molecule has 140 valence electrons. The Morgan fingerprint density at radius 1 is 1.00 bits per heavy atom. The molecule has 0 aromatic heterocycles. The SMILES string of the molecule is CC(C)[N-][Si](C)(C)C1C(C)C(C)C2c3ccccc3SC21.[CH3-].[CH3-].[CH3-].[Ti+4]. The van der Waals surface area contributed by atoms with Crippen LogP contribution in [0.15, 0.2) is 29.2 Å². The van der Waals surface area contributed by atoms with Gasteiger partial charge in [-0.3, -0.25) is 0 Å². The van der Waals surface area contributed by atoms with Crippen LogP contribution in [0.25, 0.3) is 4.98 Å². The molecular weight excluding hydrogens is 374 g/mol. The molecule has 1 heterocycles. The van der Waals surface area contributed by atoms with Gasteiger partial charge >= 0.3 is 21.7 Å². The van der Waals surface area contributed by atoms with Gasteiger partial charge in [-0.2, -0.15) is 0 Å². The molecule has 5 atom stereocenters. The molecule has 0 N–H and O–H groups in total. The molecule has 1 saturated carbocycles. The van der Waals surface area contributed by atoms with E-state index in [2.05, 4.69) is 76.8 Å². The maximum Gasteiger partial charge on any atom is 4.00 e. The second-order valence-electron chi connectivity index (χ2n) is 7.77. The predicted molar refractivity (Wildman–Crippen MR) is 116 cm³/mol. The molecule has 0 bridgehead atoms. The summed E-state index contributed by atoms with van der Waals surface area (Å²) in [5.74, 6) is 2.33. The molecule has 1 nitrogen and oxygen atoms in total. The van der Waals surface area contributed by atoms with Crippen LogP contribution < -0.4 is 0 Å². The molecule has 1 aliphatic heterocycles. The van der Waals surface area contributed by atoms with Gasteiger partial charge in [-0.1, -0.05) is 67.2 Å². The van der Waals surface area contributed by atoms with Crippen molar-refractivity contribution in [3.05, 3.63) is 57.1 Å². The van der Waals surface area contributed by atoms with E-state index < -0.39 is 8.24 Å². The van der Waals surface area contributed by atoms with Crippen LogP contribution in [-0.2, 0) is 21.7 Å². The maximum absolute atomic E-state index is 5.22. The smallest absolute Gasteiger partial charge is 0.662 e. The van der Waals surface area contributed by atoms with Crippen molar-refractivity contribution in [1.82, 2.24) is 0 Å². The van der Waals surface area contributed by atoms with Gasteiger partial charge < -0.3 is 27.3 Å². The average molecular weight is 412 g/mol. The third-order valence-corrected chi connectivity index (χ3v) is 11.0. The Labute approximate surface area is 178 Å². The molecule has 1 aromatic carbocycles. The molecule has 0 spiro atoms. The first-order valence-electron chi connectivity index (χ1n) is 8.30. The van der Waals surface area contributed by atoms with E-state index in [-0.39, 0.29) is 44.0 Å². The Morgan fingerprint density at radius 2 is 1.56 bits per heavy atom. The van der Waals surface area contributed by atoms with E-state index in [1.165, 1.54) is 4.90 Å². The minimum Gasteiger partial charge on any atom is -0.662 e. The third kappa shape index (κ3) is 4.85. The van der Waals surface area contributed by atoms with Crippen LogP contribution in [0.5, 0.6) is 0 Å². The molecule has 25 heavy (non-hydrogen) atoms. The largest absolute Gasteiger partial charge is 4.00 e. The van der Waals surface area contributed by atoms with E-state index in [0.717, 1.165) is 28.5 Å². The molecular formula is C21H37NSSiTi. The standard InChI is InChI=1S/C18H28NSSi.3CH3.Ti/c1-11(2)19-21(5,6)18-13(4)12(3)16-14-9-7-8-10-15(14)20-17(16)18;;;;/h7-13,16-18H,1-6H3;3*1H3;/q4*-1;+4. The van der Waals surface area contributed by atoms with E-state index in [1.54, 1.807) is 5.56 Å². The Morgan fingerprint density at radius 3 is 2.12 bits per heavy atom. The minimum absolute atomic E-state index is 0. The van der Waals surface area contributed by atoms with Gasteiger partial charge in [-0.25, -0.2) is 0 Å². The topological polar surface area (TPSA) is 14.1 Å². The van der Waals surface area contributed by atoms with E-state index in [4.69, 9.17) is 4.98 Å². The van der Waals surface area contributed by atoms with Gasteiger partial charge in [0.05, 0.1) is 0 Å². The van der Waals surface area contributed by atoms with Crippen molar-refractivity contribution in [1.29, 1.82) is 0 Å². The Bertz CT molecular complexity index is 534. The van der Waals surface area contributed by atoms with Crippen LogP contribution >= 0.6 is 11.8 Å². The molecule has 2 aliphatic rings. The summed E-state index contributed by atoms with van der Waals surface area (Å²) in [4.78, 5) is 6.76. The molecule has 5 unspecified atom stereocenters. The van der Waals surface area contributed by atoms with Crippen molar-refractivity contribution in [3.8, 4) is 0 Å². The van der Waals surface area contributed by atoms with Gasteiger partial charge in [0.1, 0.15) is 0 Å². The van der Waals surface area contributed by atoms with Crippen molar-refractivity contribution in [2.45, 2.75) is 68.4 Å². The Hall–Kier alpha value is 0.461. The predicted octanol–water partition coefficient (Wildman–Crippen LogP) is 7.24. The summed E-state index contributed by atoms with van der Waals surface area (Å²) in [6.07, 6.45) is 0. The second-order valence-corrected chi connectivity index (χ2v) is 13.2. The summed E-state index contributed by atoms with van der Waals surface area (Å²) in [6.45, 7) is 14.4. The molecule has 1 aliphatic carbocycles. The summed E-state index contributed by atoms with van der Waals surface area (Å²) in [6, 6.07) is 9.57. The van der Waals surface area contributed by atoms with Gasteiger partial charge in [-0.15, -0.1) is 17.8 Å². The maximum atomic E-state index is 5.22. The van der Waals surface area contributed by atoms with Gasteiger partial charge in [0.15, 0.2) is 0 Å². The summed E-state index contributed by atoms with van der Waals surface area (Å²) in [5, 5.41) is 0.761. The van der Waals surface area contributed by atoms with Crippen molar-refractivity contribution in [2.24, 2.45) is 11.8 Å². The zero-order valence-corrected chi connectivity index (χ0v) is 21.0. The number of rotatable bonds is 3. The van der Waals surface area contributed by atoms with E-state index >= 15 is 0 Å². The Kier molecular flexibility index (Phi) is 11.2. The number of nitrogens with zero attached hydrogens (tertiary/aromatic N) is 1. The molecule has 4 heteroatoms. The van der Waals surface area contributed by atoms with Gasteiger partial charge in [-0.05, 0) is 34.9 Å². The average Bonchev–Trinajstić information content (AvgIpc) is 2.84. The fraction of sp³-hybridized carbons (Fsp3) is 0.571. The molecule has 0 amide bonds. The monoisotopic (exact) mass is 411 g/mol. The normalized spacial score (nSPS) is 29.5. The molecule has 0 saturated heterocycles. The Balaban J connectivity index is 0. The van der Waals surface area contributed by atoms with Crippen LogP contribution in [0.3, 0.4) is 0 Å².